The molecule has 0 radical (unpaired) electrons. The number of nitriles is 1. The molecule has 2 aliphatic rings. The number of carbonyl (C=O) groups is 2. The van der Waals surface area contributed by atoms with E-state index in [-0.39, 0.29) is 18.0 Å². The molecule has 0 unspecified atom stereocenters. The van der Waals surface area contributed by atoms with Gasteiger partial charge in [0.05, 0.1) is 11.6 Å². The van der Waals surface area contributed by atoms with Gasteiger partial charge in [0.2, 0.25) is 0 Å². The fourth-order valence-electron chi connectivity index (χ4n) is 5.40. The number of benzene rings is 2. The van der Waals surface area contributed by atoms with Crippen LogP contribution in [0.4, 0.5) is 10.5 Å². The second-order valence-corrected chi connectivity index (χ2v) is 12.9. The number of urea groups is 1. The van der Waals surface area contributed by atoms with Crippen LogP contribution in [0, 0.1) is 18.3 Å². The van der Waals surface area contributed by atoms with Crippen molar-refractivity contribution in [2.24, 2.45) is 0 Å². The number of aryl methyl sites for hydroxylation is 1. The second kappa shape index (κ2) is 13.0. The first kappa shape index (κ1) is 29.8. The Labute approximate surface area is 238 Å². The molecule has 1 aliphatic heterocycles. The number of hydrogen-bond donors (Lipinski definition) is 5. The van der Waals surface area contributed by atoms with Gasteiger partial charge in [-0.15, -0.1) is 0 Å². The van der Waals surface area contributed by atoms with Gasteiger partial charge in [-0.25, -0.2) is 9.52 Å². The number of carbonyl (C=O) groups excluding carboxylic acids is 2. The molecule has 2 atom stereocenters. The summed E-state index contributed by atoms with van der Waals surface area (Å²) in [6.07, 6.45) is 5.03. The molecule has 0 aromatic heterocycles. The van der Waals surface area contributed by atoms with E-state index in [1.54, 1.807) is 26.2 Å². The normalized spacial score (nSPS) is 20.6. The summed E-state index contributed by atoms with van der Waals surface area (Å²) in [4.78, 5) is 28.2. The molecule has 0 spiro atoms. The molecule has 2 aromatic rings. The Morgan fingerprint density at radius 1 is 1.00 bits per heavy atom. The molecule has 0 bridgehead atoms. The minimum absolute atomic E-state index is 0.0628. The van der Waals surface area contributed by atoms with Gasteiger partial charge in [0.15, 0.2) is 0 Å². The van der Waals surface area contributed by atoms with Crippen molar-refractivity contribution < 1.29 is 18.7 Å². The summed E-state index contributed by atoms with van der Waals surface area (Å²) in [6.45, 7) is 3.16. The molecule has 216 valence electrons. The van der Waals surface area contributed by atoms with Crippen molar-refractivity contribution in [1.82, 2.24) is 19.2 Å². The first-order valence-electron chi connectivity index (χ1n) is 13.8. The van der Waals surface area contributed by atoms with Crippen LogP contribution in [0.2, 0.25) is 0 Å². The van der Waals surface area contributed by atoms with Crippen LogP contribution in [0.3, 0.4) is 0 Å². The standard InChI is InChI=1S/C29H40N6O4S/c1-20-8-11-24(28(36)35-16-14-23(15-17-35)22-12-9-21(19-30)10-13-22)18-27(20)32-29(37)31-25-6-4-5-7-26(25)33-40(38,39)34(2)3/h8-13,18,23,25-26,33,38-39H,4-7,14-17H2,1-3H3,(H2,31,32,37)/t25-,26+/m1/s1. The van der Waals surface area contributed by atoms with Crippen LogP contribution in [0.1, 0.15) is 71.5 Å². The highest BCUT2D eigenvalue weighted by molar-refractivity contribution is 8.20. The highest BCUT2D eigenvalue weighted by atomic mass is 32.3. The van der Waals surface area contributed by atoms with Gasteiger partial charge in [0.25, 0.3) is 5.91 Å². The van der Waals surface area contributed by atoms with Gasteiger partial charge in [0, 0.05) is 50.5 Å². The predicted octanol–water partition coefficient (Wildman–Crippen LogP) is 5.05. The van der Waals surface area contributed by atoms with Crippen molar-refractivity contribution in [3.05, 3.63) is 64.7 Å². The Morgan fingerprint density at radius 2 is 1.65 bits per heavy atom. The van der Waals surface area contributed by atoms with Gasteiger partial charge >= 0.3 is 6.03 Å². The van der Waals surface area contributed by atoms with E-state index in [0.717, 1.165) is 44.1 Å². The van der Waals surface area contributed by atoms with Crippen LogP contribution in [0.5, 0.6) is 0 Å². The van der Waals surface area contributed by atoms with Gasteiger partial charge in [-0.1, -0.05) is 42.0 Å². The van der Waals surface area contributed by atoms with Crippen molar-refractivity contribution in [1.29, 1.82) is 5.26 Å². The summed E-state index contributed by atoms with van der Waals surface area (Å²) in [5.41, 5.74) is 3.77. The van der Waals surface area contributed by atoms with Gasteiger partial charge in [-0.2, -0.15) is 9.57 Å². The third-order valence-electron chi connectivity index (χ3n) is 7.93. The number of nitrogens with zero attached hydrogens (tertiary/aromatic N) is 3. The molecule has 1 saturated heterocycles. The fraction of sp³-hybridized carbons (Fsp3) is 0.483. The third-order valence-corrected chi connectivity index (χ3v) is 9.56. The zero-order valence-electron chi connectivity index (χ0n) is 23.4. The fourth-order valence-corrected chi connectivity index (χ4v) is 6.30. The number of rotatable bonds is 7. The van der Waals surface area contributed by atoms with Gasteiger partial charge in [-0.3, -0.25) is 13.9 Å². The quantitative estimate of drug-likeness (QED) is 0.315. The Bertz CT molecular complexity index is 1240. The molecule has 3 amide bonds. The molecule has 1 aliphatic carbocycles. The number of piperidine rings is 1. The summed E-state index contributed by atoms with van der Waals surface area (Å²) in [5.74, 6) is 0.294. The zero-order valence-corrected chi connectivity index (χ0v) is 24.2. The molecule has 1 saturated carbocycles. The summed E-state index contributed by atoms with van der Waals surface area (Å²) >= 11 is 0. The summed E-state index contributed by atoms with van der Waals surface area (Å²) in [6, 6.07) is 14.3. The second-order valence-electron chi connectivity index (χ2n) is 10.9. The van der Waals surface area contributed by atoms with E-state index in [0.29, 0.717) is 35.8 Å². The minimum atomic E-state index is -3.12. The molecule has 2 fully saturated rings. The van der Waals surface area contributed by atoms with Crippen molar-refractivity contribution in [3.8, 4) is 6.07 Å². The van der Waals surface area contributed by atoms with Crippen molar-refractivity contribution >= 4 is 28.6 Å². The lowest BCUT2D eigenvalue weighted by molar-refractivity contribution is 0.0713. The van der Waals surface area contributed by atoms with Gasteiger partial charge < -0.3 is 15.5 Å². The van der Waals surface area contributed by atoms with E-state index in [9.17, 15) is 18.7 Å². The molecule has 2 aromatic carbocycles. The third kappa shape index (κ3) is 7.33. The van der Waals surface area contributed by atoms with Crippen LogP contribution in [-0.2, 0) is 0 Å². The maximum atomic E-state index is 13.3. The number of nitrogens with one attached hydrogen (secondary N) is 3. The number of anilines is 1. The molecule has 1 heterocycles. The first-order chi connectivity index (χ1) is 19.1. The molecule has 11 heteroatoms. The van der Waals surface area contributed by atoms with E-state index in [1.165, 1.54) is 9.87 Å². The van der Waals surface area contributed by atoms with Crippen LogP contribution in [0.15, 0.2) is 42.5 Å². The highest BCUT2D eigenvalue weighted by Gasteiger charge is 2.31. The number of amides is 3. The molecule has 4 rings (SSSR count). The monoisotopic (exact) mass is 568 g/mol. The minimum Gasteiger partial charge on any atom is -0.339 e. The first-order valence-corrected chi connectivity index (χ1v) is 15.3. The molecule has 5 N–H and O–H groups in total. The maximum absolute atomic E-state index is 13.3. The van der Waals surface area contributed by atoms with E-state index in [4.69, 9.17) is 5.26 Å². The van der Waals surface area contributed by atoms with Crippen LogP contribution in [-0.4, -0.2) is 69.5 Å². The predicted molar refractivity (Wildman–Crippen MR) is 158 cm³/mol. The van der Waals surface area contributed by atoms with Crippen molar-refractivity contribution in [2.75, 3.05) is 32.5 Å². The summed E-state index contributed by atoms with van der Waals surface area (Å²) < 4.78 is 24.9. The highest BCUT2D eigenvalue weighted by Crippen LogP contribution is 2.38. The topological polar surface area (TPSA) is 141 Å². The average molecular weight is 569 g/mol. The van der Waals surface area contributed by atoms with Crippen LogP contribution < -0.4 is 15.4 Å². The molecular formula is C29H40N6O4S. The maximum Gasteiger partial charge on any atom is 0.319 e. The van der Waals surface area contributed by atoms with E-state index in [1.807, 2.05) is 42.2 Å². The molecule has 10 nitrogen and oxygen atoms in total. The SMILES string of the molecule is Cc1ccc(C(=O)N2CCC(c3ccc(C#N)cc3)CC2)cc1NC(=O)N[C@@H]1CCCC[C@@H]1NS(O)(O)N(C)C. The molecule has 40 heavy (non-hydrogen) atoms. The summed E-state index contributed by atoms with van der Waals surface area (Å²) in [7, 11) is 0.0619. The van der Waals surface area contributed by atoms with Crippen LogP contribution >= 0.6 is 11.0 Å². The Kier molecular flexibility index (Phi) is 9.71. The Hall–Kier alpha value is -3.14. The summed E-state index contributed by atoms with van der Waals surface area (Å²) in [5, 5.41) is 14.9. The van der Waals surface area contributed by atoms with E-state index in [2.05, 4.69) is 21.4 Å². The lowest BCUT2D eigenvalue weighted by Gasteiger charge is -2.44. The average Bonchev–Trinajstić information content (AvgIpc) is 2.95. The van der Waals surface area contributed by atoms with Gasteiger partial charge in [-0.05, 0) is 73.9 Å². The Morgan fingerprint density at radius 3 is 2.27 bits per heavy atom. The zero-order chi connectivity index (χ0) is 28.9. The smallest absolute Gasteiger partial charge is 0.319 e. The number of likely N-dealkylation sites (tertiary alicyclic amines) is 1. The van der Waals surface area contributed by atoms with E-state index < -0.39 is 17.0 Å². The number of hydrogen-bond acceptors (Lipinski definition) is 7. The molecular weight excluding hydrogens is 528 g/mol. The lowest BCUT2D eigenvalue weighted by atomic mass is 9.89. The van der Waals surface area contributed by atoms with Crippen molar-refractivity contribution in [2.45, 2.75) is 63.5 Å². The Balaban J connectivity index is 1.35. The van der Waals surface area contributed by atoms with Crippen LogP contribution in [0.25, 0.3) is 0 Å². The van der Waals surface area contributed by atoms with E-state index >= 15 is 0 Å². The van der Waals surface area contributed by atoms with Gasteiger partial charge in [0.1, 0.15) is 0 Å². The largest absolute Gasteiger partial charge is 0.339 e. The van der Waals surface area contributed by atoms with Crippen molar-refractivity contribution in [3.63, 3.8) is 0 Å². The lowest BCUT2D eigenvalue weighted by Crippen LogP contribution is -2.54.